The zero-order valence-corrected chi connectivity index (χ0v) is 14.9. The minimum Gasteiger partial charge on any atom is -0.457 e. The molecule has 0 unspecified atom stereocenters. The molecule has 1 saturated heterocycles. The van der Waals surface area contributed by atoms with Crippen molar-refractivity contribution in [2.45, 2.75) is 25.8 Å². The van der Waals surface area contributed by atoms with Gasteiger partial charge in [-0.3, -0.25) is 4.79 Å². The third-order valence-electron chi connectivity index (χ3n) is 4.64. The second-order valence-electron chi connectivity index (χ2n) is 6.58. The van der Waals surface area contributed by atoms with Gasteiger partial charge in [-0.25, -0.2) is 4.79 Å². The number of para-hydroxylation sites is 1. The lowest BCUT2D eigenvalue weighted by molar-refractivity contribution is -0.658. The van der Waals surface area contributed by atoms with Crippen molar-refractivity contribution in [2.75, 3.05) is 6.54 Å². The molecule has 0 amide bonds. The molecule has 0 bridgehead atoms. The third-order valence-corrected chi connectivity index (χ3v) is 4.64. The Morgan fingerprint density at radius 3 is 2.70 bits per heavy atom. The summed E-state index contributed by atoms with van der Waals surface area (Å²) in [5.74, 6) is 1.18. The lowest BCUT2D eigenvalue weighted by Gasteiger charge is -2.10. The third kappa shape index (κ3) is 3.57. The van der Waals surface area contributed by atoms with Gasteiger partial charge in [0.05, 0.1) is 11.9 Å². The summed E-state index contributed by atoms with van der Waals surface area (Å²) in [7, 11) is 0. The Morgan fingerprint density at radius 2 is 1.96 bits per heavy atom. The van der Waals surface area contributed by atoms with Crippen molar-refractivity contribution in [3.63, 3.8) is 0 Å². The van der Waals surface area contributed by atoms with Crippen molar-refractivity contribution in [3.8, 4) is 17.2 Å². The first-order chi connectivity index (χ1) is 13.1. The minimum absolute atomic E-state index is 0.152. The van der Waals surface area contributed by atoms with Crippen molar-refractivity contribution in [3.05, 3.63) is 64.5 Å². The lowest BCUT2D eigenvalue weighted by Crippen LogP contribution is -2.88. The second-order valence-corrected chi connectivity index (χ2v) is 6.58. The fraction of sp³-hybridized carbons (Fsp3) is 0.238. The molecule has 3 aromatic rings. The fourth-order valence-corrected chi connectivity index (χ4v) is 3.24. The van der Waals surface area contributed by atoms with Crippen LogP contribution >= 0.6 is 0 Å². The summed E-state index contributed by atoms with van der Waals surface area (Å²) in [5.41, 5.74) is 0.0956. The van der Waals surface area contributed by atoms with Crippen LogP contribution in [0.2, 0.25) is 0 Å². The fourth-order valence-electron chi connectivity index (χ4n) is 3.24. The Balaban J connectivity index is 1.64. The first-order valence-corrected chi connectivity index (χ1v) is 8.97. The van der Waals surface area contributed by atoms with Crippen molar-refractivity contribution in [1.82, 2.24) is 0 Å². The monoisotopic (exact) mass is 366 g/mol. The van der Waals surface area contributed by atoms with Gasteiger partial charge in [0, 0.05) is 18.9 Å². The van der Waals surface area contributed by atoms with E-state index in [-0.39, 0.29) is 23.2 Å². The van der Waals surface area contributed by atoms with Gasteiger partial charge < -0.3 is 19.2 Å². The molecule has 1 aromatic heterocycles. The van der Waals surface area contributed by atoms with Crippen molar-refractivity contribution in [1.29, 1.82) is 0 Å². The van der Waals surface area contributed by atoms with Gasteiger partial charge >= 0.3 is 5.97 Å². The molecule has 2 heterocycles. The summed E-state index contributed by atoms with van der Waals surface area (Å²) in [6.07, 6.45) is 1.83. The van der Waals surface area contributed by atoms with Crippen LogP contribution in [0, 0.1) is 6.92 Å². The number of rotatable bonds is 4. The number of ether oxygens (including phenoxy) is 2. The van der Waals surface area contributed by atoms with E-state index in [0.29, 0.717) is 28.2 Å². The first-order valence-electron chi connectivity index (χ1n) is 8.97. The number of hydrogen-bond acceptors (Lipinski definition) is 5. The number of esters is 1. The van der Waals surface area contributed by atoms with Crippen LogP contribution in [0.4, 0.5) is 0 Å². The zero-order valence-electron chi connectivity index (χ0n) is 14.9. The summed E-state index contributed by atoms with van der Waals surface area (Å²) in [6, 6.07) is 13.7. The molecule has 2 aromatic carbocycles. The standard InChI is InChI=1S/C21H19NO5/c1-13-20(26-14-6-3-2-4-7-14)19(23)16-10-9-15(12-18(16)25-13)27-21(24)17-8-5-11-22-17/h2-4,6-7,9-10,12,17,22H,5,8,11H2,1H3/p+1/t17-/m0/s1. The molecular formula is C21H20NO5+. The maximum absolute atomic E-state index is 12.8. The summed E-state index contributed by atoms with van der Waals surface area (Å²) >= 11 is 0. The molecule has 6 heteroatoms. The number of fused-ring (bicyclic) bond motifs is 1. The molecule has 0 saturated carbocycles. The Labute approximate surface area is 155 Å². The smallest absolute Gasteiger partial charge is 0.370 e. The van der Waals surface area contributed by atoms with E-state index in [1.165, 1.54) is 0 Å². The van der Waals surface area contributed by atoms with E-state index < -0.39 is 0 Å². The van der Waals surface area contributed by atoms with Crippen LogP contribution in [0.5, 0.6) is 17.2 Å². The highest BCUT2D eigenvalue weighted by Crippen LogP contribution is 2.27. The van der Waals surface area contributed by atoms with Crippen LogP contribution in [0.3, 0.4) is 0 Å². The SMILES string of the molecule is Cc1oc2cc(OC(=O)[C@@H]3CCC[NH2+]3)ccc2c(=O)c1Oc1ccccc1. The molecular weight excluding hydrogens is 346 g/mol. The molecule has 6 nitrogen and oxygen atoms in total. The maximum Gasteiger partial charge on any atom is 0.370 e. The predicted molar refractivity (Wildman–Crippen MR) is 99.2 cm³/mol. The number of benzene rings is 2. The minimum atomic E-state index is -0.269. The highest BCUT2D eigenvalue weighted by Gasteiger charge is 2.28. The summed E-state index contributed by atoms with van der Waals surface area (Å²) < 4.78 is 16.9. The van der Waals surface area contributed by atoms with Crippen LogP contribution in [0.1, 0.15) is 18.6 Å². The van der Waals surface area contributed by atoms with Crippen LogP contribution in [-0.2, 0) is 4.79 Å². The normalized spacial score (nSPS) is 16.4. The number of aryl methyl sites for hydroxylation is 1. The molecule has 1 fully saturated rings. The van der Waals surface area contributed by atoms with Crippen LogP contribution < -0.4 is 20.2 Å². The number of quaternary nitrogens is 1. The Hall–Kier alpha value is -3.12. The van der Waals surface area contributed by atoms with Crippen molar-refractivity contribution in [2.24, 2.45) is 0 Å². The molecule has 0 spiro atoms. The zero-order chi connectivity index (χ0) is 18.8. The van der Waals surface area contributed by atoms with Gasteiger partial charge in [-0.05, 0) is 31.2 Å². The number of nitrogens with two attached hydrogens (primary N) is 1. The summed E-state index contributed by atoms with van der Waals surface area (Å²) in [6.45, 7) is 2.61. The molecule has 1 atom stereocenters. The van der Waals surface area contributed by atoms with Gasteiger partial charge in [0.15, 0.2) is 6.04 Å². The van der Waals surface area contributed by atoms with Crippen LogP contribution in [0.25, 0.3) is 11.0 Å². The van der Waals surface area contributed by atoms with Gasteiger partial charge in [-0.1, -0.05) is 18.2 Å². The number of hydrogen-bond donors (Lipinski definition) is 1. The predicted octanol–water partition coefficient (Wildman–Crippen LogP) is 2.52. The van der Waals surface area contributed by atoms with Crippen molar-refractivity contribution >= 4 is 16.9 Å². The molecule has 27 heavy (non-hydrogen) atoms. The maximum atomic E-state index is 12.8. The van der Waals surface area contributed by atoms with E-state index in [1.54, 1.807) is 37.3 Å². The Kier molecular flexibility index (Phi) is 4.64. The molecule has 138 valence electrons. The first kappa shape index (κ1) is 17.3. The van der Waals surface area contributed by atoms with Gasteiger partial charge in [-0.15, -0.1) is 0 Å². The lowest BCUT2D eigenvalue weighted by atomic mass is 10.2. The highest BCUT2D eigenvalue weighted by molar-refractivity contribution is 5.82. The summed E-state index contributed by atoms with van der Waals surface area (Å²) in [4.78, 5) is 25.0. The van der Waals surface area contributed by atoms with E-state index in [2.05, 4.69) is 0 Å². The number of carbonyl (C=O) groups excluding carboxylic acids is 1. The van der Waals surface area contributed by atoms with Crippen molar-refractivity contribution < 1.29 is 24.0 Å². The largest absolute Gasteiger partial charge is 0.457 e. The molecule has 0 radical (unpaired) electrons. The second kappa shape index (κ2) is 7.25. The molecule has 4 rings (SSSR count). The average molecular weight is 366 g/mol. The van der Waals surface area contributed by atoms with Crippen LogP contribution in [-0.4, -0.2) is 18.6 Å². The highest BCUT2D eigenvalue weighted by atomic mass is 16.5. The molecule has 1 aliphatic rings. The Morgan fingerprint density at radius 1 is 1.15 bits per heavy atom. The van der Waals surface area contributed by atoms with Crippen LogP contribution in [0.15, 0.2) is 57.7 Å². The quantitative estimate of drug-likeness (QED) is 0.567. The average Bonchev–Trinajstić information content (AvgIpc) is 3.21. The van der Waals surface area contributed by atoms with E-state index in [1.807, 2.05) is 23.5 Å². The van der Waals surface area contributed by atoms with Gasteiger partial charge in [-0.2, -0.15) is 0 Å². The van der Waals surface area contributed by atoms with E-state index in [0.717, 1.165) is 19.4 Å². The summed E-state index contributed by atoms with van der Waals surface area (Å²) in [5, 5.41) is 2.36. The molecule has 2 N–H and O–H groups in total. The van der Waals surface area contributed by atoms with Gasteiger partial charge in [0.1, 0.15) is 22.8 Å². The van der Waals surface area contributed by atoms with E-state index >= 15 is 0 Å². The Bertz CT molecular complexity index is 1040. The van der Waals surface area contributed by atoms with E-state index in [4.69, 9.17) is 13.9 Å². The molecule has 0 aliphatic carbocycles. The van der Waals surface area contributed by atoms with E-state index in [9.17, 15) is 9.59 Å². The topological polar surface area (TPSA) is 82.4 Å². The van der Waals surface area contributed by atoms with Gasteiger partial charge in [0.2, 0.25) is 11.2 Å². The molecule has 1 aliphatic heterocycles. The number of carbonyl (C=O) groups is 1. The van der Waals surface area contributed by atoms with Gasteiger partial charge in [0.25, 0.3) is 0 Å².